The lowest BCUT2D eigenvalue weighted by atomic mass is 9.84. The number of nitrogens with zero attached hydrogens (tertiary/aromatic N) is 1. The number of ether oxygens (including phenoxy) is 1. The van der Waals surface area contributed by atoms with Crippen molar-refractivity contribution < 1.29 is 14.3 Å². The number of fused-ring (bicyclic) bond motifs is 1. The van der Waals surface area contributed by atoms with Gasteiger partial charge in [0.25, 0.3) is 0 Å². The van der Waals surface area contributed by atoms with Crippen LogP contribution in [-0.4, -0.2) is 23.9 Å². The van der Waals surface area contributed by atoms with Crippen LogP contribution in [0.5, 0.6) is 5.75 Å². The minimum Gasteiger partial charge on any atom is -0.494 e. The third kappa shape index (κ3) is 3.54. The maximum atomic E-state index is 12.4. The minimum absolute atomic E-state index is 0.0483. The number of nitrogens with one attached hydrogen (secondary N) is 2. The molecule has 0 spiro atoms. The fourth-order valence-electron chi connectivity index (χ4n) is 2.96. The van der Waals surface area contributed by atoms with E-state index in [1.807, 2.05) is 39.0 Å². The number of hydrogen-bond acceptors (Lipinski definition) is 4. The molecule has 2 N–H and O–H groups in total. The van der Waals surface area contributed by atoms with Gasteiger partial charge in [-0.25, -0.2) is 0 Å². The summed E-state index contributed by atoms with van der Waals surface area (Å²) >= 11 is 0. The fourth-order valence-corrected chi connectivity index (χ4v) is 2.96. The lowest BCUT2D eigenvalue weighted by Gasteiger charge is -2.28. The van der Waals surface area contributed by atoms with E-state index in [0.29, 0.717) is 23.5 Å². The molecule has 6 heteroatoms. The third-order valence-electron chi connectivity index (χ3n) is 4.45. The summed E-state index contributed by atoms with van der Waals surface area (Å²) in [7, 11) is 1.54. The Morgan fingerprint density at radius 2 is 1.96 bits per heavy atom. The zero-order chi connectivity index (χ0) is 18.9. The number of carbonyl (C=O) groups excluding carboxylic acids is 2. The number of methoxy groups -OCH3 is 1. The van der Waals surface area contributed by atoms with Gasteiger partial charge in [-0.05, 0) is 29.3 Å². The van der Waals surface area contributed by atoms with Crippen LogP contribution in [0.4, 0.5) is 11.4 Å². The van der Waals surface area contributed by atoms with Crippen molar-refractivity contribution in [2.75, 3.05) is 17.7 Å². The van der Waals surface area contributed by atoms with Crippen molar-refractivity contribution in [1.82, 2.24) is 4.98 Å². The van der Waals surface area contributed by atoms with Crippen LogP contribution in [-0.2, 0) is 9.59 Å². The molecule has 2 amide bonds. The van der Waals surface area contributed by atoms with Crippen molar-refractivity contribution in [3.63, 3.8) is 0 Å². The smallest absolute Gasteiger partial charge is 0.229 e. The Morgan fingerprint density at radius 1 is 1.27 bits per heavy atom. The Kier molecular flexibility index (Phi) is 4.68. The predicted octanol–water partition coefficient (Wildman–Crippen LogP) is 3.55. The molecule has 0 aliphatic carbocycles. The molecule has 136 valence electrons. The minimum atomic E-state index is -0.528. The summed E-state index contributed by atoms with van der Waals surface area (Å²) in [5.74, 6) is 0.263. The molecule has 1 aliphatic heterocycles. The first-order valence-corrected chi connectivity index (χ1v) is 8.52. The second-order valence-electron chi connectivity index (χ2n) is 7.43. The van der Waals surface area contributed by atoms with Crippen LogP contribution < -0.4 is 15.4 Å². The topological polar surface area (TPSA) is 80.3 Å². The summed E-state index contributed by atoms with van der Waals surface area (Å²) in [6.07, 6.45) is 3.77. The Morgan fingerprint density at radius 3 is 2.58 bits per heavy atom. The molecule has 0 radical (unpaired) electrons. The number of amides is 2. The van der Waals surface area contributed by atoms with E-state index in [4.69, 9.17) is 4.74 Å². The number of pyridine rings is 1. The lowest BCUT2D eigenvalue weighted by molar-refractivity contribution is -0.123. The molecule has 0 fully saturated rings. The quantitative estimate of drug-likeness (QED) is 0.884. The summed E-state index contributed by atoms with van der Waals surface area (Å²) in [6.45, 7) is 5.56. The Bertz CT molecular complexity index is 841. The van der Waals surface area contributed by atoms with Crippen molar-refractivity contribution in [1.29, 1.82) is 0 Å². The highest BCUT2D eigenvalue weighted by Crippen LogP contribution is 2.42. The highest BCUT2D eigenvalue weighted by Gasteiger charge is 2.29. The molecule has 0 saturated heterocycles. The maximum absolute atomic E-state index is 12.4. The molecule has 2 aromatic rings. The fraction of sp³-hybridized carbons (Fsp3) is 0.350. The summed E-state index contributed by atoms with van der Waals surface area (Å²) < 4.78 is 5.43. The van der Waals surface area contributed by atoms with E-state index in [-0.39, 0.29) is 17.7 Å². The van der Waals surface area contributed by atoms with E-state index in [2.05, 4.69) is 15.6 Å². The van der Waals surface area contributed by atoms with E-state index >= 15 is 0 Å². The Balaban J connectivity index is 2.07. The van der Waals surface area contributed by atoms with Gasteiger partial charge in [0.15, 0.2) is 0 Å². The molecule has 1 aliphatic rings. The van der Waals surface area contributed by atoms with Crippen LogP contribution in [0.2, 0.25) is 0 Å². The molecule has 1 aromatic carbocycles. The van der Waals surface area contributed by atoms with Crippen LogP contribution in [0.3, 0.4) is 0 Å². The average molecular weight is 353 g/mol. The highest BCUT2D eigenvalue weighted by molar-refractivity contribution is 5.99. The van der Waals surface area contributed by atoms with Crippen molar-refractivity contribution in [3.8, 4) is 5.75 Å². The van der Waals surface area contributed by atoms with Gasteiger partial charge >= 0.3 is 0 Å². The van der Waals surface area contributed by atoms with Crippen molar-refractivity contribution in [2.45, 2.75) is 33.1 Å². The van der Waals surface area contributed by atoms with Crippen LogP contribution in [0.1, 0.15) is 44.2 Å². The van der Waals surface area contributed by atoms with Gasteiger partial charge in [0.2, 0.25) is 11.8 Å². The van der Waals surface area contributed by atoms with Crippen LogP contribution in [0.25, 0.3) is 0 Å². The molecule has 1 unspecified atom stereocenters. The molecule has 3 rings (SSSR count). The van der Waals surface area contributed by atoms with E-state index in [9.17, 15) is 9.59 Å². The van der Waals surface area contributed by atoms with Gasteiger partial charge in [0.05, 0.1) is 12.8 Å². The molecule has 6 nitrogen and oxygen atoms in total. The Labute approximate surface area is 153 Å². The zero-order valence-corrected chi connectivity index (χ0v) is 15.4. The second-order valence-corrected chi connectivity index (χ2v) is 7.43. The van der Waals surface area contributed by atoms with Crippen molar-refractivity contribution >= 4 is 23.2 Å². The summed E-state index contributed by atoms with van der Waals surface area (Å²) in [5.41, 5.74) is 2.73. The van der Waals surface area contributed by atoms with Gasteiger partial charge in [-0.3, -0.25) is 14.6 Å². The van der Waals surface area contributed by atoms with Gasteiger partial charge in [-0.2, -0.15) is 0 Å². The van der Waals surface area contributed by atoms with Crippen molar-refractivity contribution in [3.05, 3.63) is 47.8 Å². The number of rotatable bonds is 3. The van der Waals surface area contributed by atoms with E-state index in [1.54, 1.807) is 25.6 Å². The van der Waals surface area contributed by atoms with Gasteiger partial charge in [0, 0.05) is 41.9 Å². The summed E-state index contributed by atoms with van der Waals surface area (Å²) in [6, 6.07) is 7.47. The van der Waals surface area contributed by atoms with Gasteiger partial charge in [0.1, 0.15) is 5.75 Å². The molecule has 0 saturated carbocycles. The standard InChI is InChI=1S/C20H23N3O3/c1-20(2,3)19(25)23-16-9-14-13(12-5-7-21-8-6-12)10-18(24)22-15(14)11-17(16)26-4/h5-9,11,13H,10H2,1-4H3,(H,22,24)(H,23,25). The third-order valence-corrected chi connectivity index (χ3v) is 4.45. The molecule has 0 bridgehead atoms. The molecular weight excluding hydrogens is 330 g/mol. The average Bonchev–Trinajstić information content (AvgIpc) is 2.60. The number of aromatic nitrogens is 1. The SMILES string of the molecule is COc1cc2c(cc1NC(=O)C(C)(C)C)C(c1ccncc1)CC(=O)N2. The van der Waals surface area contributed by atoms with Crippen LogP contribution in [0, 0.1) is 5.41 Å². The molecule has 1 aromatic heterocycles. The first kappa shape index (κ1) is 17.9. The number of hydrogen-bond donors (Lipinski definition) is 2. The molecule has 2 heterocycles. The van der Waals surface area contributed by atoms with Crippen molar-refractivity contribution in [2.24, 2.45) is 5.41 Å². The summed E-state index contributed by atoms with van der Waals surface area (Å²) in [4.78, 5) is 28.6. The lowest BCUT2D eigenvalue weighted by Crippen LogP contribution is -2.28. The van der Waals surface area contributed by atoms with Crippen LogP contribution >= 0.6 is 0 Å². The van der Waals surface area contributed by atoms with Gasteiger partial charge in [-0.15, -0.1) is 0 Å². The first-order valence-electron chi connectivity index (χ1n) is 8.52. The molecule has 26 heavy (non-hydrogen) atoms. The number of anilines is 2. The normalized spacial score (nSPS) is 16.5. The highest BCUT2D eigenvalue weighted by atomic mass is 16.5. The summed E-state index contributed by atoms with van der Waals surface area (Å²) in [5, 5.41) is 5.84. The second kappa shape index (κ2) is 6.78. The zero-order valence-electron chi connectivity index (χ0n) is 15.4. The molecular formula is C20H23N3O3. The number of carbonyl (C=O) groups is 2. The van der Waals surface area contributed by atoms with E-state index in [0.717, 1.165) is 11.1 Å². The Hall–Kier alpha value is -2.89. The monoisotopic (exact) mass is 353 g/mol. The maximum Gasteiger partial charge on any atom is 0.229 e. The number of benzene rings is 1. The van der Waals surface area contributed by atoms with Gasteiger partial charge < -0.3 is 15.4 Å². The van der Waals surface area contributed by atoms with E-state index in [1.165, 1.54) is 0 Å². The van der Waals surface area contributed by atoms with Gasteiger partial charge in [-0.1, -0.05) is 20.8 Å². The predicted molar refractivity (Wildman–Crippen MR) is 100 cm³/mol. The largest absolute Gasteiger partial charge is 0.494 e. The first-order chi connectivity index (χ1) is 12.3. The van der Waals surface area contributed by atoms with E-state index < -0.39 is 5.41 Å². The molecule has 1 atom stereocenters. The van der Waals surface area contributed by atoms with Crippen LogP contribution in [0.15, 0.2) is 36.7 Å².